The first kappa shape index (κ1) is 16.4. The van der Waals surface area contributed by atoms with Gasteiger partial charge in [-0.15, -0.1) is 0 Å². The van der Waals surface area contributed by atoms with E-state index >= 15 is 0 Å². The Labute approximate surface area is 134 Å². The minimum atomic E-state index is -1.03. The number of ether oxygens (including phenoxy) is 4. The third-order valence-electron chi connectivity index (χ3n) is 4.04. The summed E-state index contributed by atoms with van der Waals surface area (Å²) in [5.41, 5.74) is 0.871. The molecule has 0 radical (unpaired) electrons. The van der Waals surface area contributed by atoms with Crippen molar-refractivity contribution < 1.29 is 28.8 Å². The summed E-state index contributed by atoms with van der Waals surface area (Å²) in [7, 11) is 1.44. The van der Waals surface area contributed by atoms with Gasteiger partial charge in [0.2, 0.25) is 5.91 Å². The Morgan fingerprint density at radius 3 is 2.70 bits per heavy atom. The zero-order valence-electron chi connectivity index (χ0n) is 13.0. The first-order valence-electron chi connectivity index (χ1n) is 7.55. The summed E-state index contributed by atoms with van der Waals surface area (Å²) in [4.78, 5) is 11.5. The summed E-state index contributed by atoms with van der Waals surface area (Å²) in [5.74, 6) is -0.254. The Morgan fingerprint density at radius 2 is 2.04 bits per heavy atom. The van der Waals surface area contributed by atoms with Crippen molar-refractivity contribution in [3.63, 3.8) is 0 Å². The average molecular weight is 323 g/mol. The molecule has 0 aliphatic carbocycles. The second-order valence-electron chi connectivity index (χ2n) is 5.67. The van der Waals surface area contributed by atoms with Crippen molar-refractivity contribution in [3.05, 3.63) is 35.9 Å². The van der Waals surface area contributed by atoms with Crippen molar-refractivity contribution in [3.8, 4) is 0 Å². The molecule has 2 heterocycles. The number of hydrogen-bond acceptors (Lipinski definition) is 6. The number of rotatable bonds is 3. The number of hydrogen-bond donors (Lipinski definition) is 2. The van der Waals surface area contributed by atoms with Crippen LogP contribution < -0.4 is 5.32 Å². The van der Waals surface area contributed by atoms with Crippen molar-refractivity contribution in [2.45, 2.75) is 43.9 Å². The lowest BCUT2D eigenvalue weighted by atomic mass is 9.95. The molecule has 6 atom stereocenters. The van der Waals surface area contributed by atoms with Gasteiger partial charge in [0.25, 0.3) is 0 Å². The van der Waals surface area contributed by atoms with Crippen LogP contribution in [0.4, 0.5) is 0 Å². The first-order chi connectivity index (χ1) is 11.1. The van der Waals surface area contributed by atoms with Gasteiger partial charge in [0.15, 0.2) is 12.6 Å². The maximum Gasteiger partial charge on any atom is 0.217 e. The lowest BCUT2D eigenvalue weighted by Gasteiger charge is -2.47. The number of benzene rings is 1. The molecule has 126 valence electrons. The van der Waals surface area contributed by atoms with Gasteiger partial charge in [-0.3, -0.25) is 4.79 Å². The van der Waals surface area contributed by atoms with Crippen LogP contribution in [0.2, 0.25) is 0 Å². The Kier molecular flexibility index (Phi) is 4.93. The smallest absolute Gasteiger partial charge is 0.217 e. The summed E-state index contributed by atoms with van der Waals surface area (Å²) >= 11 is 0. The molecule has 23 heavy (non-hydrogen) atoms. The zero-order valence-corrected chi connectivity index (χ0v) is 13.0. The van der Waals surface area contributed by atoms with Gasteiger partial charge in [0.05, 0.1) is 12.6 Å². The predicted octanol–water partition coefficient (Wildman–Crippen LogP) is 0.337. The highest BCUT2D eigenvalue weighted by atomic mass is 16.7. The molecule has 2 aliphatic heterocycles. The van der Waals surface area contributed by atoms with Gasteiger partial charge in [-0.2, -0.15) is 0 Å². The van der Waals surface area contributed by atoms with Crippen molar-refractivity contribution in [1.29, 1.82) is 0 Å². The molecule has 1 aromatic rings. The SMILES string of the molecule is CO[C@H]1O[C@@H]2CO[C@@H](c3ccccc3)O[C@H]2[C@@H](NC(C)=O)[C@H]1O. The molecule has 7 nitrogen and oxygen atoms in total. The maximum atomic E-state index is 11.5. The molecule has 2 saturated heterocycles. The molecule has 0 aromatic heterocycles. The van der Waals surface area contributed by atoms with Crippen molar-refractivity contribution in [2.24, 2.45) is 0 Å². The highest BCUT2D eigenvalue weighted by molar-refractivity contribution is 5.73. The standard InChI is InChI=1S/C16H21NO6/c1-9(18)17-12-13(19)16(20-2)22-11-8-21-15(23-14(11)12)10-6-4-3-5-7-10/h3-7,11-16,19H,8H2,1-2H3,(H,17,18)/t11-,12+,13-,14-,15-,16+/m1/s1. The van der Waals surface area contributed by atoms with Gasteiger partial charge in [0.1, 0.15) is 18.3 Å². The molecule has 0 unspecified atom stereocenters. The summed E-state index contributed by atoms with van der Waals surface area (Å²) < 4.78 is 22.5. The molecule has 1 amide bonds. The van der Waals surface area contributed by atoms with Crippen LogP contribution in [-0.4, -0.2) is 55.4 Å². The second kappa shape index (κ2) is 6.94. The number of fused-ring (bicyclic) bond motifs is 1. The third-order valence-corrected chi connectivity index (χ3v) is 4.04. The van der Waals surface area contributed by atoms with E-state index in [9.17, 15) is 9.90 Å². The van der Waals surface area contributed by atoms with E-state index in [1.165, 1.54) is 14.0 Å². The summed E-state index contributed by atoms with van der Waals surface area (Å²) in [6, 6.07) is 8.87. The monoisotopic (exact) mass is 323 g/mol. The Morgan fingerprint density at radius 1 is 1.30 bits per heavy atom. The molecule has 0 bridgehead atoms. The van der Waals surface area contributed by atoms with Crippen LogP contribution in [0.3, 0.4) is 0 Å². The lowest BCUT2D eigenvalue weighted by Crippen LogP contribution is -2.67. The van der Waals surface area contributed by atoms with E-state index in [2.05, 4.69) is 5.32 Å². The van der Waals surface area contributed by atoms with Gasteiger partial charge in [0, 0.05) is 19.6 Å². The van der Waals surface area contributed by atoms with Crippen molar-refractivity contribution in [2.75, 3.05) is 13.7 Å². The maximum absolute atomic E-state index is 11.5. The van der Waals surface area contributed by atoms with Crippen LogP contribution in [0, 0.1) is 0 Å². The average Bonchev–Trinajstić information content (AvgIpc) is 2.57. The molecule has 2 fully saturated rings. The van der Waals surface area contributed by atoms with Crippen LogP contribution >= 0.6 is 0 Å². The van der Waals surface area contributed by atoms with Gasteiger partial charge < -0.3 is 29.4 Å². The fraction of sp³-hybridized carbons (Fsp3) is 0.562. The van der Waals surface area contributed by atoms with E-state index in [1.807, 2.05) is 30.3 Å². The first-order valence-corrected chi connectivity index (χ1v) is 7.55. The van der Waals surface area contributed by atoms with Crippen LogP contribution in [0.15, 0.2) is 30.3 Å². The molecule has 0 saturated carbocycles. The van der Waals surface area contributed by atoms with Gasteiger partial charge in [-0.1, -0.05) is 30.3 Å². The van der Waals surface area contributed by atoms with E-state index in [0.717, 1.165) is 5.56 Å². The van der Waals surface area contributed by atoms with E-state index in [4.69, 9.17) is 18.9 Å². The molecule has 3 rings (SSSR count). The van der Waals surface area contributed by atoms with Crippen molar-refractivity contribution >= 4 is 5.91 Å². The van der Waals surface area contributed by atoms with E-state index in [-0.39, 0.29) is 12.5 Å². The van der Waals surface area contributed by atoms with E-state index in [0.29, 0.717) is 0 Å². The number of methoxy groups -OCH3 is 1. The molecular weight excluding hydrogens is 302 g/mol. The van der Waals surface area contributed by atoms with Crippen LogP contribution in [-0.2, 0) is 23.7 Å². The quantitative estimate of drug-likeness (QED) is 0.834. The lowest BCUT2D eigenvalue weighted by molar-refractivity contribution is -0.340. The Bertz CT molecular complexity index is 539. The summed E-state index contributed by atoms with van der Waals surface area (Å²) in [6.45, 7) is 1.68. The number of aliphatic hydroxyl groups excluding tert-OH is 1. The van der Waals surface area contributed by atoms with Crippen LogP contribution in [0.1, 0.15) is 18.8 Å². The van der Waals surface area contributed by atoms with Gasteiger partial charge >= 0.3 is 0 Å². The number of nitrogens with one attached hydrogen (secondary N) is 1. The van der Waals surface area contributed by atoms with Crippen molar-refractivity contribution in [1.82, 2.24) is 5.32 Å². The molecular formula is C16H21NO6. The molecule has 0 spiro atoms. The van der Waals surface area contributed by atoms with E-state index in [1.54, 1.807) is 0 Å². The number of aliphatic hydroxyl groups is 1. The topological polar surface area (TPSA) is 86.3 Å². The second-order valence-corrected chi connectivity index (χ2v) is 5.67. The highest BCUT2D eigenvalue weighted by Crippen LogP contribution is 2.34. The predicted molar refractivity (Wildman–Crippen MR) is 79.3 cm³/mol. The van der Waals surface area contributed by atoms with Gasteiger partial charge in [-0.05, 0) is 0 Å². The molecule has 2 N–H and O–H groups in total. The number of amides is 1. The minimum absolute atomic E-state index is 0.254. The number of carbonyl (C=O) groups is 1. The Balaban J connectivity index is 1.80. The molecule has 1 aromatic carbocycles. The highest BCUT2D eigenvalue weighted by Gasteiger charge is 2.49. The zero-order chi connectivity index (χ0) is 16.4. The fourth-order valence-corrected chi connectivity index (χ4v) is 2.98. The normalized spacial score (nSPS) is 37.0. The van der Waals surface area contributed by atoms with Gasteiger partial charge in [-0.25, -0.2) is 0 Å². The Hall–Kier alpha value is -1.51. The largest absolute Gasteiger partial charge is 0.386 e. The van der Waals surface area contributed by atoms with Crippen LogP contribution in [0.25, 0.3) is 0 Å². The van der Waals surface area contributed by atoms with Crippen LogP contribution in [0.5, 0.6) is 0 Å². The van der Waals surface area contributed by atoms with E-state index < -0.39 is 36.9 Å². The molecule has 7 heteroatoms. The summed E-state index contributed by atoms with van der Waals surface area (Å²) in [5, 5.41) is 13.1. The minimum Gasteiger partial charge on any atom is -0.386 e. The molecule has 2 aliphatic rings. The third kappa shape index (κ3) is 3.39. The summed E-state index contributed by atoms with van der Waals surface area (Å²) in [6.07, 6.45) is -3.39. The number of carbonyl (C=O) groups excluding carboxylic acids is 1. The fourth-order valence-electron chi connectivity index (χ4n) is 2.98.